The number of ether oxygens (including phenoxy) is 1. The molecule has 3 rings (SSSR count). The number of rotatable bonds is 7. The molecular weight excluding hydrogens is 434 g/mol. The molecule has 0 spiro atoms. The number of carbonyl (C=O) groups is 1. The number of halogens is 2. The van der Waals surface area contributed by atoms with Gasteiger partial charge in [0.15, 0.2) is 0 Å². The van der Waals surface area contributed by atoms with Gasteiger partial charge in [-0.25, -0.2) is 17.2 Å². The molecule has 1 N–H and O–H groups in total. The van der Waals surface area contributed by atoms with Gasteiger partial charge in [0.2, 0.25) is 0 Å². The second kappa shape index (κ2) is 8.80. The monoisotopic (exact) mass is 452 g/mol. The normalized spacial score (nSPS) is 11.2. The summed E-state index contributed by atoms with van der Waals surface area (Å²) in [5.41, 5.74) is 0.301. The zero-order valence-corrected chi connectivity index (χ0v) is 17.7. The molecule has 0 aliphatic carbocycles. The van der Waals surface area contributed by atoms with Gasteiger partial charge in [-0.2, -0.15) is 0 Å². The number of thiophene rings is 1. The fraction of sp³-hybridized carbons (Fsp3) is 0.150. The van der Waals surface area contributed by atoms with E-state index in [2.05, 4.69) is 5.32 Å². The molecule has 3 aromatic rings. The number of nitrogens with one attached hydrogen (secondary N) is 1. The van der Waals surface area contributed by atoms with E-state index in [1.165, 1.54) is 50.6 Å². The van der Waals surface area contributed by atoms with Gasteiger partial charge in [0.25, 0.3) is 15.9 Å². The first-order valence-corrected chi connectivity index (χ1v) is 11.0. The van der Waals surface area contributed by atoms with Crippen LogP contribution in [0.4, 0.5) is 14.5 Å². The molecule has 0 bridgehead atoms. The van der Waals surface area contributed by atoms with Gasteiger partial charge in [-0.3, -0.25) is 9.10 Å². The molecule has 6 nitrogen and oxygen atoms in total. The van der Waals surface area contributed by atoms with Crippen molar-refractivity contribution < 1.29 is 26.7 Å². The highest BCUT2D eigenvalue weighted by Gasteiger charge is 2.26. The number of carbonyl (C=O) groups excluding carboxylic acids is 1. The van der Waals surface area contributed by atoms with Crippen molar-refractivity contribution in [3.05, 3.63) is 76.0 Å². The largest absolute Gasteiger partial charge is 0.497 e. The summed E-state index contributed by atoms with van der Waals surface area (Å²) >= 11 is 1.05. The van der Waals surface area contributed by atoms with Crippen LogP contribution in [-0.2, 0) is 16.6 Å². The Hall–Kier alpha value is -2.98. The second-order valence-electron chi connectivity index (χ2n) is 6.20. The minimum atomic E-state index is -3.92. The minimum absolute atomic E-state index is 0.0386. The molecule has 0 unspecified atom stereocenters. The molecule has 0 saturated carbocycles. The highest BCUT2D eigenvalue weighted by atomic mass is 32.2. The van der Waals surface area contributed by atoms with Crippen LogP contribution in [0.2, 0.25) is 0 Å². The van der Waals surface area contributed by atoms with E-state index in [1.807, 2.05) is 0 Å². The van der Waals surface area contributed by atoms with Crippen LogP contribution in [0.3, 0.4) is 0 Å². The van der Waals surface area contributed by atoms with Gasteiger partial charge in [0.05, 0.1) is 17.7 Å². The van der Waals surface area contributed by atoms with E-state index in [-0.39, 0.29) is 27.6 Å². The SMILES string of the molecule is COc1ccc(S(=O)(=O)N(C)c2ccsc2C(=O)NCc2ccc(F)cc2F)cc1. The van der Waals surface area contributed by atoms with Crippen molar-refractivity contribution in [1.29, 1.82) is 0 Å². The van der Waals surface area contributed by atoms with Crippen molar-refractivity contribution >= 4 is 33.0 Å². The number of amides is 1. The van der Waals surface area contributed by atoms with Gasteiger partial charge in [0.1, 0.15) is 22.3 Å². The number of benzene rings is 2. The lowest BCUT2D eigenvalue weighted by atomic mass is 10.2. The molecule has 30 heavy (non-hydrogen) atoms. The van der Waals surface area contributed by atoms with Gasteiger partial charge in [-0.15, -0.1) is 11.3 Å². The van der Waals surface area contributed by atoms with Crippen LogP contribution in [0.15, 0.2) is 58.8 Å². The zero-order chi connectivity index (χ0) is 21.9. The molecule has 10 heteroatoms. The van der Waals surface area contributed by atoms with Crippen LogP contribution in [0.1, 0.15) is 15.2 Å². The standard InChI is InChI=1S/C20H18F2N2O4S2/c1-24(30(26,27)16-7-5-15(28-2)6-8-16)18-9-10-29-19(18)20(25)23-12-13-3-4-14(21)11-17(13)22/h3-11H,12H2,1-2H3,(H,23,25). The first kappa shape index (κ1) is 21.7. The molecule has 0 radical (unpaired) electrons. The lowest BCUT2D eigenvalue weighted by Gasteiger charge is -2.20. The summed E-state index contributed by atoms with van der Waals surface area (Å²) in [5, 5.41) is 4.12. The minimum Gasteiger partial charge on any atom is -0.497 e. The van der Waals surface area contributed by atoms with Crippen molar-refractivity contribution in [3.8, 4) is 5.75 Å². The smallest absolute Gasteiger partial charge is 0.264 e. The molecule has 1 heterocycles. The average Bonchev–Trinajstić information content (AvgIpc) is 3.22. The number of methoxy groups -OCH3 is 1. The molecule has 158 valence electrons. The van der Waals surface area contributed by atoms with Gasteiger partial charge in [0, 0.05) is 25.2 Å². The van der Waals surface area contributed by atoms with Crippen LogP contribution in [-0.4, -0.2) is 28.5 Å². The Morgan fingerprint density at radius 2 is 1.83 bits per heavy atom. The second-order valence-corrected chi connectivity index (χ2v) is 9.09. The molecule has 0 fully saturated rings. The summed E-state index contributed by atoms with van der Waals surface area (Å²) in [6, 6.07) is 10.4. The van der Waals surface area contributed by atoms with Gasteiger partial charge < -0.3 is 10.1 Å². The van der Waals surface area contributed by atoms with Crippen molar-refractivity contribution in [2.45, 2.75) is 11.4 Å². The maximum absolute atomic E-state index is 13.8. The molecular formula is C20H18F2N2O4S2. The predicted octanol–water partition coefficient (Wildman–Crippen LogP) is 3.79. The van der Waals surface area contributed by atoms with Gasteiger partial charge in [-0.1, -0.05) is 6.07 Å². The number of anilines is 1. The Labute approximate surface area is 176 Å². The summed E-state index contributed by atoms with van der Waals surface area (Å²) in [5.74, 6) is -1.55. The van der Waals surface area contributed by atoms with Crippen LogP contribution >= 0.6 is 11.3 Å². The Morgan fingerprint density at radius 3 is 2.47 bits per heavy atom. The Kier molecular flexibility index (Phi) is 6.37. The lowest BCUT2D eigenvalue weighted by molar-refractivity contribution is 0.0955. The van der Waals surface area contributed by atoms with E-state index in [0.717, 1.165) is 27.8 Å². The van der Waals surface area contributed by atoms with Crippen LogP contribution in [0, 0.1) is 11.6 Å². The first-order valence-electron chi connectivity index (χ1n) is 8.66. The first-order chi connectivity index (χ1) is 14.2. The van der Waals surface area contributed by atoms with Crippen LogP contribution in [0.25, 0.3) is 0 Å². The maximum atomic E-state index is 13.8. The molecule has 0 atom stereocenters. The van der Waals surface area contributed by atoms with Crippen LogP contribution < -0.4 is 14.4 Å². The van der Waals surface area contributed by atoms with Gasteiger partial charge >= 0.3 is 0 Å². The van der Waals surface area contributed by atoms with Crippen molar-refractivity contribution in [2.24, 2.45) is 0 Å². The van der Waals surface area contributed by atoms with Crippen molar-refractivity contribution in [1.82, 2.24) is 5.32 Å². The van der Waals surface area contributed by atoms with Crippen molar-refractivity contribution in [3.63, 3.8) is 0 Å². The fourth-order valence-electron chi connectivity index (χ4n) is 2.68. The highest BCUT2D eigenvalue weighted by molar-refractivity contribution is 7.92. The molecule has 1 amide bonds. The maximum Gasteiger partial charge on any atom is 0.264 e. The lowest BCUT2D eigenvalue weighted by Crippen LogP contribution is -2.29. The van der Waals surface area contributed by atoms with E-state index >= 15 is 0 Å². The topological polar surface area (TPSA) is 75.7 Å². The van der Waals surface area contributed by atoms with E-state index in [4.69, 9.17) is 4.74 Å². The predicted molar refractivity (Wildman–Crippen MR) is 110 cm³/mol. The molecule has 2 aromatic carbocycles. The molecule has 1 aromatic heterocycles. The fourth-order valence-corrected chi connectivity index (χ4v) is 4.78. The van der Waals surface area contributed by atoms with E-state index in [1.54, 1.807) is 5.38 Å². The third-order valence-electron chi connectivity index (χ3n) is 4.36. The summed E-state index contributed by atoms with van der Waals surface area (Å²) in [7, 11) is -1.10. The number of hydrogen-bond donors (Lipinski definition) is 1. The Morgan fingerprint density at radius 1 is 1.13 bits per heavy atom. The zero-order valence-electron chi connectivity index (χ0n) is 16.1. The van der Waals surface area contributed by atoms with Gasteiger partial charge in [-0.05, 0) is 41.8 Å². The number of hydrogen-bond acceptors (Lipinski definition) is 5. The number of sulfonamides is 1. The Bertz CT molecular complexity index is 1160. The summed E-state index contributed by atoms with van der Waals surface area (Å²) in [4.78, 5) is 12.8. The van der Waals surface area contributed by atoms with Crippen molar-refractivity contribution in [2.75, 3.05) is 18.5 Å². The third-order valence-corrected chi connectivity index (χ3v) is 7.05. The average molecular weight is 453 g/mol. The number of nitrogens with zero attached hydrogens (tertiary/aromatic N) is 1. The summed E-state index contributed by atoms with van der Waals surface area (Å²) in [6.07, 6.45) is 0. The molecule has 0 aliphatic rings. The highest BCUT2D eigenvalue weighted by Crippen LogP contribution is 2.30. The van der Waals surface area contributed by atoms with E-state index in [0.29, 0.717) is 5.75 Å². The third kappa shape index (κ3) is 4.44. The Balaban J connectivity index is 1.79. The summed E-state index contributed by atoms with van der Waals surface area (Å²) in [6.45, 7) is -0.169. The van der Waals surface area contributed by atoms with Crippen LogP contribution in [0.5, 0.6) is 5.75 Å². The van der Waals surface area contributed by atoms with E-state index < -0.39 is 27.6 Å². The molecule has 0 saturated heterocycles. The summed E-state index contributed by atoms with van der Waals surface area (Å²) < 4.78 is 58.7. The molecule has 0 aliphatic heterocycles. The van der Waals surface area contributed by atoms with E-state index in [9.17, 15) is 22.0 Å². The quantitative estimate of drug-likeness (QED) is 0.592.